The molecule has 44 heavy (non-hydrogen) atoms. The second-order valence-electron chi connectivity index (χ2n) is 9.51. The third kappa shape index (κ3) is 14.7. The summed E-state index contributed by atoms with van der Waals surface area (Å²) in [5.41, 5.74) is 0.885. The highest BCUT2D eigenvalue weighted by Crippen LogP contribution is 2.28. The molecule has 15 nitrogen and oxygen atoms in total. The molecule has 5 atom stereocenters. The third-order valence-corrected chi connectivity index (χ3v) is 5.79. The molecule has 0 bridgehead atoms. The van der Waals surface area contributed by atoms with Crippen molar-refractivity contribution < 1.29 is 66.6 Å². The molecular weight excluding hydrogens is 586 g/mol. The van der Waals surface area contributed by atoms with E-state index in [0.717, 1.165) is 19.4 Å². The van der Waals surface area contributed by atoms with E-state index in [1.54, 1.807) is 0 Å². The molecule has 1 aromatic rings. The van der Waals surface area contributed by atoms with Crippen LogP contribution in [0, 0.1) is 0 Å². The van der Waals surface area contributed by atoms with Crippen LogP contribution in [0.3, 0.4) is 0 Å². The molecule has 1 heterocycles. The number of nitrogens with one attached hydrogen (secondary N) is 1. The van der Waals surface area contributed by atoms with Gasteiger partial charge in [-0.05, 0) is 5.56 Å². The largest absolute Gasteiger partial charge is 0.463 e. The van der Waals surface area contributed by atoms with Gasteiger partial charge in [-0.3, -0.25) is 19.2 Å². The molecule has 1 saturated heterocycles. The average Bonchev–Trinajstić information content (AvgIpc) is 2.96. The van der Waals surface area contributed by atoms with Crippen molar-refractivity contribution in [1.82, 2.24) is 5.32 Å². The molecule has 246 valence electrons. The topological polar surface area (TPSA) is 180 Å². The van der Waals surface area contributed by atoms with Gasteiger partial charge in [0.15, 0.2) is 18.5 Å². The minimum Gasteiger partial charge on any atom is -0.463 e. The first-order valence-corrected chi connectivity index (χ1v) is 14.0. The summed E-state index contributed by atoms with van der Waals surface area (Å²) >= 11 is 0. The zero-order valence-electron chi connectivity index (χ0n) is 25.4. The molecule has 2 rings (SSSR count). The van der Waals surface area contributed by atoms with E-state index in [0.29, 0.717) is 0 Å². The minimum atomic E-state index is -1.21. The van der Waals surface area contributed by atoms with Crippen LogP contribution >= 0.6 is 0 Å². The normalized spacial score (nSPS) is 21.1. The van der Waals surface area contributed by atoms with Gasteiger partial charge in [0.1, 0.15) is 32.0 Å². The summed E-state index contributed by atoms with van der Waals surface area (Å²) in [4.78, 5) is 58.8. The summed E-state index contributed by atoms with van der Waals surface area (Å²) in [6.07, 6.45) is -4.65. The van der Waals surface area contributed by atoms with Crippen LogP contribution in [0.4, 0.5) is 0 Å². The monoisotopic (exact) mass is 627 g/mol. The first-order chi connectivity index (χ1) is 21.1. The quantitative estimate of drug-likeness (QED) is 0.127. The van der Waals surface area contributed by atoms with Gasteiger partial charge >= 0.3 is 23.9 Å². The van der Waals surface area contributed by atoms with Gasteiger partial charge < -0.3 is 47.9 Å². The van der Waals surface area contributed by atoms with Crippen LogP contribution in [-0.4, -0.2) is 113 Å². The Bertz CT molecular complexity index is 1050. The lowest BCUT2D eigenvalue weighted by Crippen LogP contribution is -2.66. The maximum absolute atomic E-state index is 12.0. The van der Waals surface area contributed by atoms with Crippen molar-refractivity contribution in [3.63, 3.8) is 0 Å². The Morgan fingerprint density at radius 2 is 1.32 bits per heavy atom. The van der Waals surface area contributed by atoms with Crippen LogP contribution in [0.5, 0.6) is 0 Å². The van der Waals surface area contributed by atoms with E-state index in [2.05, 4.69) is 5.32 Å². The number of carbonyl (C=O) groups excluding carboxylic acids is 5. The smallest absolute Gasteiger partial charge is 0.332 e. The van der Waals surface area contributed by atoms with Gasteiger partial charge in [0.2, 0.25) is 5.91 Å². The van der Waals surface area contributed by atoms with Crippen LogP contribution < -0.4 is 5.32 Å². The summed E-state index contributed by atoms with van der Waals surface area (Å²) in [7, 11) is 0. The van der Waals surface area contributed by atoms with Gasteiger partial charge in [-0.1, -0.05) is 30.3 Å². The Kier molecular flexibility index (Phi) is 16.9. The first-order valence-electron chi connectivity index (χ1n) is 14.0. The van der Waals surface area contributed by atoms with Gasteiger partial charge in [0.05, 0.1) is 39.6 Å². The van der Waals surface area contributed by atoms with Crippen LogP contribution in [0.15, 0.2) is 30.3 Å². The Morgan fingerprint density at radius 3 is 1.91 bits per heavy atom. The Labute approximate surface area is 255 Å². The highest BCUT2D eigenvalue weighted by Gasteiger charge is 2.51. The van der Waals surface area contributed by atoms with E-state index in [9.17, 15) is 24.0 Å². The summed E-state index contributed by atoms with van der Waals surface area (Å²) < 4.78 is 48.8. The summed E-state index contributed by atoms with van der Waals surface area (Å²) in [6, 6.07) is 8.25. The molecule has 0 aromatic heterocycles. The number of carbonyl (C=O) groups is 5. The number of hydrogen-bond acceptors (Lipinski definition) is 14. The lowest BCUT2D eigenvalue weighted by molar-refractivity contribution is -0.279. The maximum atomic E-state index is 12.0. The Morgan fingerprint density at radius 1 is 0.727 bits per heavy atom. The van der Waals surface area contributed by atoms with Gasteiger partial charge in [0, 0.05) is 27.7 Å². The second kappa shape index (κ2) is 20.3. The number of amides is 1. The van der Waals surface area contributed by atoms with Crippen molar-refractivity contribution in [2.45, 2.75) is 64.9 Å². The standard InChI is InChI=1S/C29H41NO14/c1-19(31)30-26-28(43-22(4)34)27(42-21(3)33)24(17-40-20(2)32)44-29(26)39-15-14-37-11-10-36-12-13-38-18-25(35)41-16-23-8-6-5-7-9-23/h5-9,24,26-29H,10-18H2,1-4H3,(H,30,31)/t24-,26-,27+,28-,29-/m1/s1. The van der Waals surface area contributed by atoms with Crippen LogP contribution in [0.2, 0.25) is 0 Å². The van der Waals surface area contributed by atoms with Gasteiger partial charge in [-0.15, -0.1) is 0 Å². The van der Waals surface area contributed by atoms with Crippen LogP contribution in [0.25, 0.3) is 0 Å². The minimum absolute atomic E-state index is 0.000262. The number of benzene rings is 1. The van der Waals surface area contributed by atoms with Crippen molar-refractivity contribution in [1.29, 1.82) is 0 Å². The van der Waals surface area contributed by atoms with E-state index >= 15 is 0 Å². The van der Waals surface area contributed by atoms with E-state index in [1.165, 1.54) is 13.8 Å². The molecule has 0 unspecified atom stereocenters. The first kappa shape index (κ1) is 36.6. The second-order valence-corrected chi connectivity index (χ2v) is 9.51. The Balaban J connectivity index is 1.74. The highest BCUT2D eigenvalue weighted by molar-refractivity contribution is 5.73. The lowest BCUT2D eigenvalue weighted by Gasteiger charge is -2.44. The van der Waals surface area contributed by atoms with Crippen LogP contribution in [-0.2, 0) is 73.2 Å². The van der Waals surface area contributed by atoms with Crippen molar-refractivity contribution >= 4 is 29.8 Å². The van der Waals surface area contributed by atoms with E-state index in [4.69, 9.17) is 42.6 Å². The summed E-state index contributed by atoms with van der Waals surface area (Å²) in [5.74, 6) is -2.96. The fraction of sp³-hybridized carbons (Fsp3) is 0.621. The molecule has 1 N–H and O–H groups in total. The molecule has 1 aliphatic heterocycles. The molecule has 1 aliphatic rings. The summed E-state index contributed by atoms with van der Waals surface area (Å²) in [5, 5.41) is 2.62. The highest BCUT2D eigenvalue weighted by atomic mass is 16.7. The zero-order valence-corrected chi connectivity index (χ0v) is 25.4. The van der Waals surface area contributed by atoms with Crippen LogP contribution in [0.1, 0.15) is 33.3 Å². The fourth-order valence-electron chi connectivity index (χ4n) is 4.03. The van der Waals surface area contributed by atoms with E-state index < -0.39 is 60.4 Å². The van der Waals surface area contributed by atoms with Crippen molar-refractivity contribution in [3.05, 3.63) is 35.9 Å². The predicted molar refractivity (Wildman–Crippen MR) is 149 cm³/mol. The molecule has 1 amide bonds. The van der Waals surface area contributed by atoms with Crippen molar-refractivity contribution in [3.8, 4) is 0 Å². The number of ether oxygens (including phenoxy) is 9. The number of hydrogen-bond donors (Lipinski definition) is 1. The third-order valence-electron chi connectivity index (χ3n) is 5.79. The molecule has 0 spiro atoms. The molecule has 15 heteroatoms. The maximum Gasteiger partial charge on any atom is 0.332 e. The number of rotatable bonds is 19. The SMILES string of the molecule is CC(=O)N[C@H]1[C@H](OCCOCCOCCOCC(=O)OCc2ccccc2)O[C@H](COC(C)=O)[C@H](OC(C)=O)[C@@H]1OC(C)=O. The molecule has 1 fully saturated rings. The van der Waals surface area contributed by atoms with Crippen molar-refractivity contribution in [2.75, 3.05) is 52.9 Å². The molecule has 0 radical (unpaired) electrons. The van der Waals surface area contributed by atoms with Crippen molar-refractivity contribution in [2.24, 2.45) is 0 Å². The predicted octanol–water partition coefficient (Wildman–Crippen LogP) is 0.452. The van der Waals surface area contributed by atoms with E-state index in [1.807, 2.05) is 30.3 Å². The molecular formula is C29H41NO14. The van der Waals surface area contributed by atoms with Gasteiger partial charge in [-0.2, -0.15) is 0 Å². The molecule has 0 aliphatic carbocycles. The van der Waals surface area contributed by atoms with E-state index in [-0.39, 0.29) is 59.5 Å². The zero-order chi connectivity index (χ0) is 32.3. The summed E-state index contributed by atoms with van der Waals surface area (Å²) in [6.45, 7) is 5.44. The fourth-order valence-corrected chi connectivity index (χ4v) is 4.03. The Hall–Kier alpha value is -3.63. The molecule has 0 saturated carbocycles. The van der Waals surface area contributed by atoms with Gasteiger partial charge in [-0.25, -0.2) is 4.79 Å². The average molecular weight is 628 g/mol. The number of esters is 4. The lowest BCUT2D eigenvalue weighted by atomic mass is 9.96. The van der Waals surface area contributed by atoms with Gasteiger partial charge in [0.25, 0.3) is 0 Å². The molecule has 1 aromatic carbocycles.